The van der Waals surface area contributed by atoms with Crippen LogP contribution in [0.3, 0.4) is 0 Å². The molecule has 7 heteroatoms. The predicted molar refractivity (Wildman–Crippen MR) is 101 cm³/mol. The van der Waals surface area contributed by atoms with Crippen LogP contribution in [0.2, 0.25) is 0 Å². The number of ketones is 1. The van der Waals surface area contributed by atoms with Gasteiger partial charge in [-0.15, -0.1) is 6.42 Å². The SMILES string of the molecule is C#CCOc1ccc([C@@H]2C(C(=O)OC)=C(N)OC3=C2C(=O)CCC3)cc1Br. The molecule has 0 bridgehead atoms. The Labute approximate surface area is 165 Å². The van der Waals surface area contributed by atoms with E-state index in [1.165, 1.54) is 7.11 Å². The van der Waals surface area contributed by atoms with Gasteiger partial charge < -0.3 is 19.9 Å². The number of methoxy groups -OCH3 is 1. The molecule has 0 aromatic heterocycles. The molecule has 140 valence electrons. The van der Waals surface area contributed by atoms with Gasteiger partial charge in [-0.05, 0) is 40.0 Å². The summed E-state index contributed by atoms with van der Waals surface area (Å²) in [4.78, 5) is 25.1. The minimum Gasteiger partial charge on any atom is -0.480 e. The number of terminal acetylenes is 1. The van der Waals surface area contributed by atoms with E-state index in [1.54, 1.807) is 18.2 Å². The number of hydrogen-bond donors (Lipinski definition) is 1. The van der Waals surface area contributed by atoms with Crippen molar-refractivity contribution in [1.29, 1.82) is 0 Å². The number of carbonyl (C=O) groups excluding carboxylic acids is 2. The normalized spacial score (nSPS) is 19.1. The van der Waals surface area contributed by atoms with E-state index in [-0.39, 0.29) is 23.8 Å². The van der Waals surface area contributed by atoms with Gasteiger partial charge in [0, 0.05) is 18.4 Å². The number of ether oxygens (including phenoxy) is 3. The maximum Gasteiger partial charge on any atom is 0.340 e. The second-order valence-electron chi connectivity index (χ2n) is 6.10. The summed E-state index contributed by atoms with van der Waals surface area (Å²) in [6, 6.07) is 5.28. The molecule has 0 saturated heterocycles. The van der Waals surface area contributed by atoms with Crippen LogP contribution in [0.25, 0.3) is 0 Å². The zero-order valence-corrected chi connectivity index (χ0v) is 16.3. The van der Waals surface area contributed by atoms with Crippen molar-refractivity contribution in [1.82, 2.24) is 0 Å². The van der Waals surface area contributed by atoms with Gasteiger partial charge in [0.05, 0.1) is 17.5 Å². The summed E-state index contributed by atoms with van der Waals surface area (Å²) in [7, 11) is 1.26. The molecule has 0 spiro atoms. The number of esters is 1. The summed E-state index contributed by atoms with van der Waals surface area (Å²) in [6.45, 7) is 0.128. The molecule has 27 heavy (non-hydrogen) atoms. The van der Waals surface area contributed by atoms with Crippen LogP contribution in [0.4, 0.5) is 0 Å². The second kappa shape index (κ2) is 7.89. The number of benzene rings is 1. The number of hydrogen-bond acceptors (Lipinski definition) is 6. The van der Waals surface area contributed by atoms with Crippen LogP contribution in [0.15, 0.2) is 45.5 Å². The van der Waals surface area contributed by atoms with Crippen LogP contribution in [-0.4, -0.2) is 25.5 Å². The van der Waals surface area contributed by atoms with E-state index in [0.717, 1.165) is 0 Å². The smallest absolute Gasteiger partial charge is 0.340 e. The van der Waals surface area contributed by atoms with Crippen molar-refractivity contribution < 1.29 is 23.8 Å². The fourth-order valence-electron chi connectivity index (χ4n) is 3.33. The largest absolute Gasteiger partial charge is 0.480 e. The Morgan fingerprint density at radius 3 is 2.89 bits per heavy atom. The molecule has 2 N–H and O–H groups in total. The average molecular weight is 432 g/mol. The Balaban J connectivity index is 2.12. The first-order valence-corrected chi connectivity index (χ1v) is 9.15. The highest BCUT2D eigenvalue weighted by Gasteiger charge is 2.41. The number of Topliss-reactive ketones (excluding diaryl/α,β-unsaturated/α-hetero) is 1. The van der Waals surface area contributed by atoms with Gasteiger partial charge in [-0.25, -0.2) is 4.79 Å². The number of carbonyl (C=O) groups is 2. The minimum atomic E-state index is -0.660. The molecule has 2 aliphatic rings. The molecular formula is C20H18BrNO5. The van der Waals surface area contributed by atoms with Crippen LogP contribution in [0.5, 0.6) is 5.75 Å². The fourth-order valence-corrected chi connectivity index (χ4v) is 3.84. The Morgan fingerprint density at radius 2 is 2.22 bits per heavy atom. The Kier molecular flexibility index (Phi) is 5.57. The van der Waals surface area contributed by atoms with Crippen molar-refractivity contribution >= 4 is 27.7 Å². The van der Waals surface area contributed by atoms with E-state index in [9.17, 15) is 9.59 Å². The van der Waals surface area contributed by atoms with Crippen molar-refractivity contribution in [2.24, 2.45) is 5.73 Å². The second-order valence-corrected chi connectivity index (χ2v) is 6.96. The van der Waals surface area contributed by atoms with Gasteiger partial charge >= 0.3 is 5.97 Å². The van der Waals surface area contributed by atoms with Crippen molar-refractivity contribution in [2.75, 3.05) is 13.7 Å². The first-order valence-electron chi connectivity index (χ1n) is 8.35. The van der Waals surface area contributed by atoms with Crippen molar-refractivity contribution in [2.45, 2.75) is 25.2 Å². The van der Waals surface area contributed by atoms with Crippen molar-refractivity contribution in [3.8, 4) is 18.1 Å². The molecule has 1 heterocycles. The maximum atomic E-state index is 12.7. The summed E-state index contributed by atoms with van der Waals surface area (Å²) in [6.07, 6.45) is 6.91. The molecule has 0 unspecified atom stereocenters. The topological polar surface area (TPSA) is 87.8 Å². The highest BCUT2D eigenvalue weighted by Crippen LogP contribution is 2.45. The van der Waals surface area contributed by atoms with Gasteiger partial charge in [-0.2, -0.15) is 0 Å². The lowest BCUT2D eigenvalue weighted by Crippen LogP contribution is -2.31. The molecule has 1 aromatic carbocycles. The van der Waals surface area contributed by atoms with Crippen molar-refractivity contribution in [3.63, 3.8) is 0 Å². The van der Waals surface area contributed by atoms with Gasteiger partial charge in [-0.3, -0.25) is 4.79 Å². The molecule has 1 aliphatic carbocycles. The highest BCUT2D eigenvalue weighted by molar-refractivity contribution is 9.10. The maximum absolute atomic E-state index is 12.7. The number of nitrogens with two attached hydrogens (primary N) is 1. The van der Waals surface area contributed by atoms with Gasteiger partial charge in [0.15, 0.2) is 5.78 Å². The lowest BCUT2D eigenvalue weighted by Gasteiger charge is -2.32. The summed E-state index contributed by atoms with van der Waals surface area (Å²) < 4.78 is 16.6. The van der Waals surface area contributed by atoms with E-state index in [0.29, 0.717) is 46.4 Å². The third kappa shape index (κ3) is 3.58. The summed E-state index contributed by atoms with van der Waals surface area (Å²) in [5.41, 5.74) is 7.30. The van der Waals surface area contributed by atoms with E-state index >= 15 is 0 Å². The monoisotopic (exact) mass is 431 g/mol. The fraction of sp³-hybridized carbons (Fsp3) is 0.300. The van der Waals surface area contributed by atoms with Gasteiger partial charge in [0.25, 0.3) is 0 Å². The molecule has 0 amide bonds. The van der Waals surface area contributed by atoms with Gasteiger partial charge in [-0.1, -0.05) is 12.0 Å². The minimum absolute atomic E-state index is 0.0379. The summed E-state index contributed by atoms with van der Waals surface area (Å²) in [5.74, 6) is 2.09. The van der Waals surface area contributed by atoms with Crippen LogP contribution in [-0.2, 0) is 19.1 Å². The van der Waals surface area contributed by atoms with E-state index in [1.807, 2.05) is 0 Å². The van der Waals surface area contributed by atoms with Crippen LogP contribution < -0.4 is 10.5 Å². The van der Waals surface area contributed by atoms with Crippen molar-refractivity contribution in [3.05, 3.63) is 51.0 Å². The molecular weight excluding hydrogens is 414 g/mol. The zero-order valence-electron chi connectivity index (χ0n) is 14.7. The Hall–Kier alpha value is -2.72. The molecule has 3 rings (SSSR count). The summed E-state index contributed by atoms with van der Waals surface area (Å²) in [5, 5.41) is 0. The first kappa shape index (κ1) is 19.1. The van der Waals surface area contributed by atoms with Gasteiger partial charge in [0.2, 0.25) is 5.88 Å². The Morgan fingerprint density at radius 1 is 1.44 bits per heavy atom. The number of halogens is 1. The zero-order chi connectivity index (χ0) is 19.6. The molecule has 0 radical (unpaired) electrons. The van der Waals surface area contributed by atoms with Crippen LogP contribution >= 0.6 is 15.9 Å². The van der Waals surface area contributed by atoms with Crippen LogP contribution in [0.1, 0.15) is 30.7 Å². The standard InChI is InChI=1S/C20H18BrNO5/c1-3-9-26-14-8-7-11(10-12(14)21)16-17-13(23)5-4-6-15(17)27-19(22)18(16)20(24)25-2/h1,7-8,10,16H,4-6,9,22H2,2H3/t16-/m0/s1. The number of rotatable bonds is 4. The average Bonchev–Trinajstić information content (AvgIpc) is 2.65. The third-order valence-corrected chi connectivity index (χ3v) is 5.11. The molecule has 6 nitrogen and oxygen atoms in total. The molecule has 1 atom stereocenters. The predicted octanol–water partition coefficient (Wildman–Crippen LogP) is 2.93. The lowest BCUT2D eigenvalue weighted by molar-refractivity contribution is -0.136. The molecule has 1 aliphatic heterocycles. The summed E-state index contributed by atoms with van der Waals surface area (Å²) >= 11 is 3.45. The first-order chi connectivity index (χ1) is 13.0. The van der Waals surface area contributed by atoms with Crippen LogP contribution in [0, 0.1) is 12.3 Å². The Bertz CT molecular complexity index is 909. The van der Waals surface area contributed by atoms with E-state index in [2.05, 4.69) is 21.9 Å². The quantitative estimate of drug-likeness (QED) is 0.582. The lowest BCUT2D eigenvalue weighted by atomic mass is 9.77. The number of allylic oxidation sites excluding steroid dienone is 2. The third-order valence-electron chi connectivity index (χ3n) is 4.49. The molecule has 1 aromatic rings. The molecule has 0 fully saturated rings. The van der Waals surface area contributed by atoms with E-state index in [4.69, 9.17) is 26.4 Å². The van der Waals surface area contributed by atoms with E-state index < -0.39 is 11.9 Å². The van der Waals surface area contributed by atoms with Gasteiger partial charge in [0.1, 0.15) is 23.7 Å². The highest BCUT2D eigenvalue weighted by atomic mass is 79.9. The molecule has 0 saturated carbocycles.